The fourth-order valence-electron chi connectivity index (χ4n) is 2.27. The number of hydrogen-bond acceptors (Lipinski definition) is 6. The summed E-state index contributed by atoms with van der Waals surface area (Å²) in [7, 11) is 0. The van der Waals surface area contributed by atoms with Crippen molar-refractivity contribution in [3.63, 3.8) is 0 Å². The van der Waals surface area contributed by atoms with Crippen LogP contribution in [0.15, 0.2) is 53.9 Å². The Morgan fingerprint density at radius 3 is 2.68 bits per heavy atom. The molecule has 0 aliphatic rings. The number of ether oxygens (including phenoxy) is 1. The van der Waals surface area contributed by atoms with Crippen LogP contribution in [0.5, 0.6) is 0 Å². The van der Waals surface area contributed by atoms with Crippen LogP contribution in [0.3, 0.4) is 0 Å². The number of nitrogens with one attached hydrogen (secondary N) is 1. The molecule has 3 rings (SSSR count). The van der Waals surface area contributed by atoms with E-state index in [0.29, 0.717) is 21.3 Å². The van der Waals surface area contributed by atoms with Crippen LogP contribution in [0.1, 0.15) is 23.0 Å². The Bertz CT molecular complexity index is 1060. The molecule has 0 unspecified atom stereocenters. The van der Waals surface area contributed by atoms with E-state index in [2.05, 4.69) is 10.3 Å². The molecule has 0 saturated carbocycles. The van der Waals surface area contributed by atoms with Gasteiger partial charge in [0.15, 0.2) is 11.8 Å². The van der Waals surface area contributed by atoms with Crippen LogP contribution in [0.25, 0.3) is 10.6 Å². The van der Waals surface area contributed by atoms with Crippen LogP contribution < -0.4 is 5.32 Å². The van der Waals surface area contributed by atoms with E-state index in [1.54, 1.807) is 47.8 Å². The topological polar surface area (TPSA) is 92.1 Å². The predicted molar refractivity (Wildman–Crippen MR) is 107 cm³/mol. The third kappa shape index (κ3) is 4.74. The molecular formula is C20H14ClN3O3S. The second-order valence-corrected chi connectivity index (χ2v) is 7.07. The molecule has 2 aromatic carbocycles. The lowest BCUT2D eigenvalue weighted by Gasteiger charge is -2.12. The number of aromatic nitrogens is 1. The third-order valence-corrected chi connectivity index (χ3v) is 4.85. The van der Waals surface area contributed by atoms with Crippen molar-refractivity contribution in [1.29, 1.82) is 5.26 Å². The van der Waals surface area contributed by atoms with Gasteiger partial charge in [-0.05, 0) is 43.3 Å². The van der Waals surface area contributed by atoms with Crippen LogP contribution in [0.2, 0.25) is 5.02 Å². The minimum atomic E-state index is -1.01. The number of esters is 1. The molecule has 1 atom stereocenters. The van der Waals surface area contributed by atoms with Crippen LogP contribution >= 0.6 is 22.9 Å². The largest absolute Gasteiger partial charge is 0.448 e. The molecule has 3 aromatic rings. The molecule has 28 heavy (non-hydrogen) atoms. The molecule has 1 amide bonds. The normalized spacial score (nSPS) is 11.3. The number of rotatable bonds is 5. The smallest absolute Gasteiger partial charge is 0.358 e. The van der Waals surface area contributed by atoms with Crippen molar-refractivity contribution in [3.05, 3.63) is 70.2 Å². The molecule has 0 spiro atoms. The second kappa shape index (κ2) is 8.65. The fraction of sp³-hybridized carbons (Fsp3) is 0.100. The summed E-state index contributed by atoms with van der Waals surface area (Å²) in [5.74, 6) is -1.17. The number of hydrogen-bond donors (Lipinski definition) is 1. The maximum Gasteiger partial charge on any atom is 0.358 e. The highest BCUT2D eigenvalue weighted by atomic mass is 35.5. The van der Waals surface area contributed by atoms with E-state index in [1.165, 1.54) is 18.3 Å². The lowest BCUT2D eigenvalue weighted by Crippen LogP contribution is -2.30. The summed E-state index contributed by atoms with van der Waals surface area (Å²) in [5.41, 5.74) is 1.90. The van der Waals surface area contributed by atoms with Crippen molar-refractivity contribution in [2.75, 3.05) is 5.32 Å². The van der Waals surface area contributed by atoms with E-state index in [-0.39, 0.29) is 5.69 Å². The molecule has 1 aromatic heterocycles. The summed E-state index contributed by atoms with van der Waals surface area (Å²) >= 11 is 7.26. The molecule has 0 fully saturated rings. The summed E-state index contributed by atoms with van der Waals surface area (Å²) in [4.78, 5) is 28.8. The minimum Gasteiger partial charge on any atom is -0.448 e. The number of anilines is 1. The SMILES string of the molecule is C[C@@H](OC(=O)c1csc(-c2cccc(Cl)c2)n1)C(=O)Nc1ccc(C#N)cc1. The van der Waals surface area contributed by atoms with Gasteiger partial charge in [0, 0.05) is 21.7 Å². The average Bonchev–Trinajstić information content (AvgIpc) is 3.19. The first-order chi connectivity index (χ1) is 13.5. The lowest BCUT2D eigenvalue weighted by molar-refractivity contribution is -0.123. The number of nitriles is 1. The average molecular weight is 412 g/mol. The highest BCUT2D eigenvalue weighted by molar-refractivity contribution is 7.13. The first-order valence-electron chi connectivity index (χ1n) is 8.20. The zero-order chi connectivity index (χ0) is 20.1. The van der Waals surface area contributed by atoms with Crippen LogP contribution in [-0.2, 0) is 9.53 Å². The van der Waals surface area contributed by atoms with Crippen molar-refractivity contribution in [1.82, 2.24) is 4.98 Å². The Balaban J connectivity index is 1.62. The van der Waals surface area contributed by atoms with E-state index < -0.39 is 18.0 Å². The molecular weight excluding hydrogens is 398 g/mol. The Labute approximate surface area is 170 Å². The summed E-state index contributed by atoms with van der Waals surface area (Å²) in [6, 6.07) is 15.5. The molecule has 8 heteroatoms. The first-order valence-corrected chi connectivity index (χ1v) is 9.45. The van der Waals surface area contributed by atoms with E-state index in [0.717, 1.165) is 5.56 Å². The van der Waals surface area contributed by atoms with Gasteiger partial charge in [-0.15, -0.1) is 11.3 Å². The van der Waals surface area contributed by atoms with Crippen molar-refractivity contribution >= 4 is 40.5 Å². The molecule has 6 nitrogen and oxygen atoms in total. The summed E-state index contributed by atoms with van der Waals surface area (Å²) < 4.78 is 5.20. The second-order valence-electron chi connectivity index (χ2n) is 5.77. The Hall–Kier alpha value is -3.21. The monoisotopic (exact) mass is 411 g/mol. The van der Waals surface area contributed by atoms with Gasteiger partial charge in [-0.3, -0.25) is 4.79 Å². The van der Waals surface area contributed by atoms with Crippen molar-refractivity contribution in [2.24, 2.45) is 0 Å². The van der Waals surface area contributed by atoms with Gasteiger partial charge in [-0.1, -0.05) is 23.7 Å². The van der Waals surface area contributed by atoms with Crippen molar-refractivity contribution in [3.8, 4) is 16.6 Å². The van der Waals surface area contributed by atoms with Gasteiger partial charge >= 0.3 is 5.97 Å². The van der Waals surface area contributed by atoms with Crippen molar-refractivity contribution in [2.45, 2.75) is 13.0 Å². The van der Waals surface area contributed by atoms with Gasteiger partial charge in [0.05, 0.1) is 11.6 Å². The highest BCUT2D eigenvalue weighted by Crippen LogP contribution is 2.26. The maximum atomic E-state index is 12.3. The molecule has 1 N–H and O–H groups in total. The molecule has 140 valence electrons. The van der Waals surface area contributed by atoms with Crippen molar-refractivity contribution < 1.29 is 14.3 Å². The summed E-state index contributed by atoms with van der Waals surface area (Å²) in [6.07, 6.45) is -1.01. The number of thiazole rings is 1. The quantitative estimate of drug-likeness (QED) is 0.623. The zero-order valence-electron chi connectivity index (χ0n) is 14.7. The molecule has 1 heterocycles. The number of carbonyl (C=O) groups excluding carboxylic acids is 2. The third-order valence-electron chi connectivity index (χ3n) is 3.72. The lowest BCUT2D eigenvalue weighted by atomic mass is 10.2. The van der Waals surface area contributed by atoms with Gasteiger partial charge in [0.25, 0.3) is 5.91 Å². The molecule has 0 aliphatic heterocycles. The molecule has 0 radical (unpaired) electrons. The standard InChI is InChI=1S/C20H14ClN3O3S/c1-12(18(25)23-16-7-5-13(10-22)6-8-16)27-20(26)17-11-28-19(24-17)14-3-2-4-15(21)9-14/h2-9,11-12H,1H3,(H,23,25)/t12-/m1/s1. The van der Waals surface area contributed by atoms with Gasteiger partial charge in [0.2, 0.25) is 0 Å². The summed E-state index contributed by atoms with van der Waals surface area (Å²) in [6.45, 7) is 1.47. The Kier molecular flexibility index (Phi) is 6.04. The summed E-state index contributed by atoms with van der Waals surface area (Å²) in [5, 5.41) is 14.2. The number of nitrogens with zero attached hydrogens (tertiary/aromatic N) is 2. The van der Waals surface area contributed by atoms with Gasteiger partial charge in [-0.2, -0.15) is 5.26 Å². The fourth-order valence-corrected chi connectivity index (χ4v) is 3.24. The van der Waals surface area contributed by atoms with Crippen LogP contribution in [0, 0.1) is 11.3 Å². The zero-order valence-corrected chi connectivity index (χ0v) is 16.3. The number of benzene rings is 2. The highest BCUT2D eigenvalue weighted by Gasteiger charge is 2.21. The van der Waals surface area contributed by atoms with Gasteiger partial charge < -0.3 is 10.1 Å². The number of halogens is 1. The van der Waals surface area contributed by atoms with E-state index in [4.69, 9.17) is 21.6 Å². The van der Waals surface area contributed by atoms with Crippen LogP contribution in [-0.4, -0.2) is 23.0 Å². The molecule has 0 bridgehead atoms. The van der Waals surface area contributed by atoms with E-state index in [9.17, 15) is 9.59 Å². The maximum absolute atomic E-state index is 12.3. The van der Waals surface area contributed by atoms with Gasteiger partial charge in [0.1, 0.15) is 5.01 Å². The molecule has 0 aliphatic carbocycles. The predicted octanol–water partition coefficient (Wildman–Crippen LogP) is 4.52. The number of amides is 1. The molecule has 0 saturated heterocycles. The first kappa shape index (κ1) is 19.5. The van der Waals surface area contributed by atoms with E-state index >= 15 is 0 Å². The van der Waals surface area contributed by atoms with Gasteiger partial charge in [-0.25, -0.2) is 9.78 Å². The van der Waals surface area contributed by atoms with E-state index in [1.807, 2.05) is 12.1 Å². The Morgan fingerprint density at radius 1 is 1.25 bits per heavy atom. The Morgan fingerprint density at radius 2 is 2.00 bits per heavy atom. The minimum absolute atomic E-state index is 0.123. The van der Waals surface area contributed by atoms with Crippen LogP contribution in [0.4, 0.5) is 5.69 Å². The number of carbonyl (C=O) groups is 2.